The number of hydrogen-bond donors (Lipinski definition) is 2. The van der Waals surface area contributed by atoms with Crippen LogP contribution in [0.1, 0.15) is 20.8 Å². The van der Waals surface area contributed by atoms with Crippen LogP contribution in [0.4, 0.5) is 0 Å². The van der Waals surface area contributed by atoms with Crippen LogP contribution in [0, 0.1) is 5.41 Å². The van der Waals surface area contributed by atoms with Gasteiger partial charge in [0, 0.05) is 13.1 Å². The van der Waals surface area contributed by atoms with Crippen LogP contribution in [0.3, 0.4) is 0 Å². The first-order valence-electron chi connectivity index (χ1n) is 5.13. The van der Waals surface area contributed by atoms with Gasteiger partial charge >= 0.3 is 0 Å². The van der Waals surface area contributed by atoms with Crippen LogP contribution < -0.4 is 11.1 Å². The number of amides is 2. The van der Waals surface area contributed by atoms with Crippen molar-refractivity contribution in [3.8, 4) is 0 Å². The topological polar surface area (TPSA) is 75.4 Å². The molecule has 0 saturated carbocycles. The van der Waals surface area contributed by atoms with E-state index in [1.807, 2.05) is 20.8 Å². The second-order valence-electron chi connectivity index (χ2n) is 4.95. The Bertz CT molecular complexity index is 276. The molecular formula is C10H20ClN3O2. The zero-order valence-corrected chi connectivity index (χ0v) is 10.8. The maximum absolute atomic E-state index is 11.9. The number of rotatable bonds is 1. The van der Waals surface area contributed by atoms with Crippen molar-refractivity contribution >= 4 is 24.2 Å². The average molecular weight is 250 g/mol. The highest BCUT2D eigenvalue weighted by molar-refractivity contribution is 5.88. The molecule has 6 heteroatoms. The maximum Gasteiger partial charge on any atom is 0.240 e. The van der Waals surface area contributed by atoms with Crippen molar-refractivity contribution < 1.29 is 9.59 Å². The van der Waals surface area contributed by atoms with Gasteiger partial charge in [0.05, 0.1) is 12.6 Å². The molecule has 0 unspecified atom stereocenters. The molecule has 1 aliphatic heterocycles. The van der Waals surface area contributed by atoms with Crippen LogP contribution in [0.5, 0.6) is 0 Å². The Kier molecular flexibility index (Phi) is 5.22. The van der Waals surface area contributed by atoms with E-state index in [9.17, 15) is 9.59 Å². The molecule has 0 aromatic rings. The fraction of sp³-hybridized carbons (Fsp3) is 0.800. The van der Waals surface area contributed by atoms with E-state index in [1.54, 1.807) is 0 Å². The largest absolute Gasteiger partial charge is 0.353 e. The zero-order valence-electron chi connectivity index (χ0n) is 9.95. The van der Waals surface area contributed by atoms with Gasteiger partial charge in [-0.3, -0.25) is 9.59 Å². The van der Waals surface area contributed by atoms with Gasteiger partial charge in [-0.15, -0.1) is 12.4 Å². The molecule has 1 rings (SSSR count). The summed E-state index contributed by atoms with van der Waals surface area (Å²) in [4.78, 5) is 24.5. The molecule has 0 radical (unpaired) electrons. The predicted molar refractivity (Wildman–Crippen MR) is 64.3 cm³/mol. The van der Waals surface area contributed by atoms with E-state index in [4.69, 9.17) is 5.73 Å². The van der Waals surface area contributed by atoms with Gasteiger partial charge in [-0.1, -0.05) is 20.8 Å². The summed E-state index contributed by atoms with van der Waals surface area (Å²) in [5.74, 6) is -0.256. The highest BCUT2D eigenvalue weighted by Gasteiger charge is 2.32. The first kappa shape index (κ1) is 15.2. The minimum absolute atomic E-state index is 0. The third-order valence-corrected chi connectivity index (χ3v) is 2.55. The average Bonchev–Trinajstić information content (AvgIpc) is 2.14. The number of nitrogens with two attached hydrogens (primary N) is 1. The number of carbonyl (C=O) groups is 2. The highest BCUT2D eigenvalue weighted by Crippen LogP contribution is 2.19. The molecule has 0 aliphatic carbocycles. The van der Waals surface area contributed by atoms with E-state index in [1.165, 1.54) is 4.90 Å². The maximum atomic E-state index is 11.9. The van der Waals surface area contributed by atoms with E-state index in [0.717, 1.165) is 0 Å². The molecule has 1 saturated heterocycles. The molecular weight excluding hydrogens is 230 g/mol. The highest BCUT2D eigenvalue weighted by atomic mass is 35.5. The number of nitrogens with one attached hydrogen (secondary N) is 1. The van der Waals surface area contributed by atoms with Crippen LogP contribution in [0.15, 0.2) is 0 Å². The number of carbonyl (C=O) groups excluding carboxylic acids is 2. The summed E-state index contributed by atoms with van der Waals surface area (Å²) in [6.07, 6.45) is 0. The minimum atomic E-state index is -0.552. The molecule has 0 aromatic heterocycles. The molecule has 5 nitrogen and oxygen atoms in total. The van der Waals surface area contributed by atoms with Gasteiger partial charge in [-0.25, -0.2) is 0 Å². The Morgan fingerprint density at radius 1 is 1.50 bits per heavy atom. The molecule has 3 N–H and O–H groups in total. The molecule has 2 amide bonds. The number of hydrogen-bond acceptors (Lipinski definition) is 3. The summed E-state index contributed by atoms with van der Waals surface area (Å²) in [6.45, 7) is 6.94. The summed E-state index contributed by atoms with van der Waals surface area (Å²) in [5, 5.41) is 2.67. The van der Waals surface area contributed by atoms with Gasteiger partial charge in [0.1, 0.15) is 0 Å². The van der Waals surface area contributed by atoms with Gasteiger partial charge in [-0.2, -0.15) is 0 Å². The Morgan fingerprint density at radius 3 is 2.50 bits per heavy atom. The Labute approximate surface area is 102 Å². The van der Waals surface area contributed by atoms with Gasteiger partial charge in [0.15, 0.2) is 0 Å². The lowest BCUT2D eigenvalue weighted by atomic mass is 9.86. The Balaban J connectivity index is 0.00000225. The molecule has 94 valence electrons. The van der Waals surface area contributed by atoms with E-state index in [0.29, 0.717) is 13.1 Å². The molecule has 0 spiro atoms. The Hall–Kier alpha value is -0.810. The SMILES string of the molecule is CC(C)(C)[C@H](N)C(=O)N1CCNC(=O)C1.Cl. The molecule has 1 fully saturated rings. The van der Waals surface area contributed by atoms with Crippen LogP contribution in [0.2, 0.25) is 0 Å². The minimum Gasteiger partial charge on any atom is -0.353 e. The fourth-order valence-corrected chi connectivity index (χ4v) is 1.39. The molecule has 16 heavy (non-hydrogen) atoms. The van der Waals surface area contributed by atoms with E-state index in [-0.39, 0.29) is 36.2 Å². The van der Waals surface area contributed by atoms with Crippen molar-refractivity contribution in [2.45, 2.75) is 26.8 Å². The number of piperazine rings is 1. The first-order chi connectivity index (χ1) is 6.82. The normalized spacial score (nSPS) is 18.5. The monoisotopic (exact) mass is 249 g/mol. The van der Waals surface area contributed by atoms with Crippen molar-refractivity contribution in [2.75, 3.05) is 19.6 Å². The van der Waals surface area contributed by atoms with E-state index in [2.05, 4.69) is 5.32 Å². The summed E-state index contributed by atoms with van der Waals surface area (Å²) >= 11 is 0. The fourth-order valence-electron chi connectivity index (χ4n) is 1.39. The molecule has 1 atom stereocenters. The van der Waals surface area contributed by atoms with Crippen LogP contribution >= 0.6 is 12.4 Å². The first-order valence-corrected chi connectivity index (χ1v) is 5.13. The quantitative estimate of drug-likeness (QED) is 0.672. The molecule has 0 aromatic carbocycles. The smallest absolute Gasteiger partial charge is 0.240 e. The van der Waals surface area contributed by atoms with Gasteiger partial charge in [-0.05, 0) is 5.41 Å². The lowest BCUT2D eigenvalue weighted by Crippen LogP contribution is -2.57. The van der Waals surface area contributed by atoms with Crippen molar-refractivity contribution in [3.05, 3.63) is 0 Å². The van der Waals surface area contributed by atoms with Gasteiger partial charge < -0.3 is 16.0 Å². The van der Waals surface area contributed by atoms with Crippen molar-refractivity contribution in [2.24, 2.45) is 11.1 Å². The van der Waals surface area contributed by atoms with Crippen molar-refractivity contribution in [1.82, 2.24) is 10.2 Å². The summed E-state index contributed by atoms with van der Waals surface area (Å²) in [5.41, 5.74) is 5.57. The molecule has 1 heterocycles. The van der Waals surface area contributed by atoms with E-state index >= 15 is 0 Å². The van der Waals surface area contributed by atoms with Crippen molar-refractivity contribution in [3.63, 3.8) is 0 Å². The van der Waals surface area contributed by atoms with Crippen LogP contribution in [0.25, 0.3) is 0 Å². The molecule has 1 aliphatic rings. The summed E-state index contributed by atoms with van der Waals surface area (Å²) < 4.78 is 0. The number of halogens is 1. The lowest BCUT2D eigenvalue weighted by Gasteiger charge is -2.33. The molecule has 0 bridgehead atoms. The zero-order chi connectivity index (χ0) is 11.6. The third kappa shape index (κ3) is 3.64. The predicted octanol–water partition coefficient (Wildman–Crippen LogP) is -0.260. The van der Waals surface area contributed by atoms with Gasteiger partial charge in [0.2, 0.25) is 11.8 Å². The van der Waals surface area contributed by atoms with Crippen LogP contribution in [-0.4, -0.2) is 42.4 Å². The second kappa shape index (κ2) is 5.50. The van der Waals surface area contributed by atoms with Gasteiger partial charge in [0.25, 0.3) is 0 Å². The van der Waals surface area contributed by atoms with Crippen LogP contribution in [-0.2, 0) is 9.59 Å². The summed E-state index contributed by atoms with van der Waals surface area (Å²) in [6, 6.07) is -0.552. The summed E-state index contributed by atoms with van der Waals surface area (Å²) in [7, 11) is 0. The Morgan fingerprint density at radius 2 is 2.06 bits per heavy atom. The third-order valence-electron chi connectivity index (χ3n) is 2.55. The number of nitrogens with zero attached hydrogens (tertiary/aromatic N) is 1. The lowest BCUT2D eigenvalue weighted by molar-refractivity contribution is -0.141. The van der Waals surface area contributed by atoms with E-state index < -0.39 is 6.04 Å². The standard InChI is InChI=1S/C10H19N3O2.ClH/c1-10(2,3)8(11)9(15)13-5-4-12-7(14)6-13;/h8H,4-6,11H2,1-3H3,(H,12,14);1H/t8-;/m1./s1. The second-order valence-corrected chi connectivity index (χ2v) is 4.95. The van der Waals surface area contributed by atoms with Crippen molar-refractivity contribution in [1.29, 1.82) is 0 Å².